The Hall–Kier alpha value is -0.180. The lowest BCUT2D eigenvalue weighted by molar-refractivity contribution is 0.176. The molecule has 21 heavy (non-hydrogen) atoms. The summed E-state index contributed by atoms with van der Waals surface area (Å²) in [7, 11) is -7.04. The largest absolute Gasteiger partial charge is 0.270 e. The average molecular weight is 344 g/mol. The van der Waals surface area contributed by atoms with Gasteiger partial charge < -0.3 is 0 Å². The summed E-state index contributed by atoms with van der Waals surface area (Å²) >= 11 is 0. The number of hydrogen-bond donors (Lipinski definition) is 0. The average Bonchev–Trinajstić information content (AvgIpc) is 2.33. The van der Waals surface area contributed by atoms with Gasteiger partial charge in [0, 0.05) is 5.92 Å². The Morgan fingerprint density at radius 2 is 1.19 bits per heavy atom. The molecule has 0 rings (SSSR count). The van der Waals surface area contributed by atoms with Gasteiger partial charge in [-0.15, -0.1) is 0 Å². The Morgan fingerprint density at radius 3 is 1.62 bits per heavy atom. The number of hydrogen-bond acceptors (Lipinski definition) is 6. The maximum Gasteiger partial charge on any atom is 0.264 e. The molecule has 0 unspecified atom stereocenters. The molecule has 0 heterocycles. The third kappa shape index (κ3) is 16.0. The van der Waals surface area contributed by atoms with E-state index in [0.29, 0.717) is 6.42 Å². The van der Waals surface area contributed by atoms with Crippen LogP contribution in [0.5, 0.6) is 0 Å². The first-order valence-corrected chi connectivity index (χ1v) is 11.0. The predicted molar refractivity (Wildman–Crippen MR) is 83.1 cm³/mol. The van der Waals surface area contributed by atoms with Gasteiger partial charge in [0.2, 0.25) is 0 Å². The van der Waals surface area contributed by atoms with Gasteiger partial charge in [-0.25, -0.2) is 0 Å². The van der Waals surface area contributed by atoms with E-state index in [4.69, 9.17) is 8.37 Å². The minimum atomic E-state index is -3.52. The molecule has 0 radical (unpaired) electrons. The fourth-order valence-electron chi connectivity index (χ4n) is 1.87. The van der Waals surface area contributed by atoms with Crippen molar-refractivity contribution in [3.63, 3.8) is 0 Å². The van der Waals surface area contributed by atoms with E-state index in [9.17, 15) is 16.8 Å². The highest BCUT2D eigenvalue weighted by atomic mass is 32.2. The van der Waals surface area contributed by atoms with Crippen LogP contribution in [0.2, 0.25) is 0 Å². The first kappa shape index (κ1) is 20.8. The summed E-state index contributed by atoms with van der Waals surface area (Å²) in [4.78, 5) is 0. The molecule has 0 N–H and O–H groups in total. The standard InChI is InChI=1S/C13H28O6S2/c1-4-5-6-7-8-9-10-13(11-18-20(2,14)15)12-19-21(3,16)17/h13H,4-12H2,1-3H3. The quantitative estimate of drug-likeness (QED) is 0.376. The second kappa shape index (κ2) is 10.5. The van der Waals surface area contributed by atoms with Crippen molar-refractivity contribution in [3.05, 3.63) is 0 Å². The van der Waals surface area contributed by atoms with Gasteiger partial charge in [0.05, 0.1) is 25.7 Å². The third-order valence-electron chi connectivity index (χ3n) is 3.00. The number of rotatable bonds is 13. The van der Waals surface area contributed by atoms with Crippen molar-refractivity contribution in [3.8, 4) is 0 Å². The highest BCUT2D eigenvalue weighted by Crippen LogP contribution is 2.15. The van der Waals surface area contributed by atoms with Crippen LogP contribution in [0.3, 0.4) is 0 Å². The van der Waals surface area contributed by atoms with Crippen molar-refractivity contribution in [2.75, 3.05) is 25.7 Å². The van der Waals surface area contributed by atoms with Gasteiger partial charge >= 0.3 is 0 Å². The van der Waals surface area contributed by atoms with E-state index >= 15 is 0 Å². The molecule has 0 saturated carbocycles. The molecule has 0 spiro atoms. The van der Waals surface area contributed by atoms with Gasteiger partial charge in [-0.2, -0.15) is 16.8 Å². The van der Waals surface area contributed by atoms with Crippen LogP contribution in [0.25, 0.3) is 0 Å². The SMILES string of the molecule is CCCCCCCCC(COS(C)(=O)=O)COS(C)(=O)=O. The Kier molecular flexibility index (Phi) is 10.4. The van der Waals surface area contributed by atoms with Crippen LogP contribution in [0.15, 0.2) is 0 Å². The van der Waals surface area contributed by atoms with Gasteiger partial charge in [-0.1, -0.05) is 45.4 Å². The summed E-state index contributed by atoms with van der Waals surface area (Å²) in [6.07, 6.45) is 9.35. The second-order valence-electron chi connectivity index (χ2n) is 5.40. The van der Waals surface area contributed by atoms with Crippen molar-refractivity contribution < 1.29 is 25.2 Å². The van der Waals surface area contributed by atoms with Crippen molar-refractivity contribution in [2.45, 2.75) is 51.9 Å². The second-order valence-corrected chi connectivity index (χ2v) is 8.69. The lowest BCUT2D eigenvalue weighted by Crippen LogP contribution is -2.20. The molecular weight excluding hydrogens is 316 g/mol. The minimum absolute atomic E-state index is 0.0384. The molecule has 0 aromatic carbocycles. The van der Waals surface area contributed by atoms with Crippen molar-refractivity contribution in [1.82, 2.24) is 0 Å². The molecule has 0 fully saturated rings. The monoisotopic (exact) mass is 344 g/mol. The molecule has 8 heteroatoms. The molecule has 0 amide bonds. The third-order valence-corrected chi connectivity index (χ3v) is 4.13. The maximum absolute atomic E-state index is 11.0. The molecule has 128 valence electrons. The molecule has 0 aromatic rings. The van der Waals surface area contributed by atoms with Gasteiger partial charge in [0.1, 0.15) is 0 Å². The van der Waals surface area contributed by atoms with E-state index in [2.05, 4.69) is 6.92 Å². The van der Waals surface area contributed by atoms with Gasteiger partial charge in [-0.3, -0.25) is 8.37 Å². The van der Waals surface area contributed by atoms with E-state index in [1.807, 2.05) is 0 Å². The summed E-state index contributed by atoms with van der Waals surface area (Å²) in [5.74, 6) is -0.236. The molecular formula is C13H28O6S2. The fourth-order valence-corrected chi connectivity index (χ4v) is 2.75. The van der Waals surface area contributed by atoms with Crippen LogP contribution in [0.1, 0.15) is 51.9 Å². The zero-order valence-electron chi connectivity index (χ0n) is 13.2. The summed E-state index contributed by atoms with van der Waals surface area (Å²) in [5.41, 5.74) is 0. The summed E-state index contributed by atoms with van der Waals surface area (Å²) in [6.45, 7) is 2.08. The first-order valence-electron chi connectivity index (χ1n) is 7.33. The van der Waals surface area contributed by atoms with Crippen LogP contribution in [0.4, 0.5) is 0 Å². The molecule has 0 saturated heterocycles. The van der Waals surface area contributed by atoms with E-state index < -0.39 is 20.2 Å². The van der Waals surface area contributed by atoms with Crippen molar-refractivity contribution in [1.29, 1.82) is 0 Å². The zero-order chi connectivity index (χ0) is 16.4. The highest BCUT2D eigenvalue weighted by molar-refractivity contribution is 7.86. The Balaban J connectivity index is 4.12. The summed E-state index contributed by atoms with van der Waals surface area (Å²) in [6, 6.07) is 0. The Morgan fingerprint density at radius 1 is 0.762 bits per heavy atom. The molecule has 0 aliphatic rings. The van der Waals surface area contributed by atoms with Crippen LogP contribution in [0, 0.1) is 5.92 Å². The van der Waals surface area contributed by atoms with Crippen LogP contribution >= 0.6 is 0 Å². The summed E-state index contributed by atoms with van der Waals surface area (Å²) in [5, 5.41) is 0. The van der Waals surface area contributed by atoms with Crippen LogP contribution in [-0.4, -0.2) is 42.6 Å². The lowest BCUT2D eigenvalue weighted by Gasteiger charge is -2.15. The van der Waals surface area contributed by atoms with E-state index in [0.717, 1.165) is 31.8 Å². The van der Waals surface area contributed by atoms with E-state index in [-0.39, 0.29) is 19.1 Å². The predicted octanol–water partition coefficient (Wildman–Crippen LogP) is 2.31. The maximum atomic E-state index is 11.0. The first-order chi connectivity index (χ1) is 9.64. The van der Waals surface area contributed by atoms with Crippen molar-refractivity contribution >= 4 is 20.2 Å². The summed E-state index contributed by atoms with van der Waals surface area (Å²) < 4.78 is 53.5. The van der Waals surface area contributed by atoms with Crippen LogP contribution in [-0.2, 0) is 28.6 Å². The highest BCUT2D eigenvalue weighted by Gasteiger charge is 2.15. The normalized spacial score (nSPS) is 13.0. The molecule has 6 nitrogen and oxygen atoms in total. The zero-order valence-corrected chi connectivity index (χ0v) is 14.8. The fraction of sp³-hybridized carbons (Fsp3) is 1.00. The van der Waals surface area contributed by atoms with Crippen molar-refractivity contribution in [2.24, 2.45) is 5.92 Å². The van der Waals surface area contributed by atoms with Gasteiger partial charge in [-0.05, 0) is 6.42 Å². The Bertz CT molecular complexity index is 419. The van der Waals surface area contributed by atoms with Gasteiger partial charge in [0.25, 0.3) is 20.2 Å². The number of unbranched alkanes of at least 4 members (excludes halogenated alkanes) is 5. The van der Waals surface area contributed by atoms with E-state index in [1.54, 1.807) is 0 Å². The van der Waals surface area contributed by atoms with Crippen LogP contribution < -0.4 is 0 Å². The molecule has 0 aliphatic carbocycles. The topological polar surface area (TPSA) is 86.7 Å². The lowest BCUT2D eigenvalue weighted by atomic mass is 10.0. The molecule has 0 aromatic heterocycles. The molecule has 0 atom stereocenters. The smallest absolute Gasteiger partial charge is 0.264 e. The Labute approximate surface area is 129 Å². The van der Waals surface area contributed by atoms with Gasteiger partial charge in [0.15, 0.2) is 0 Å². The van der Waals surface area contributed by atoms with E-state index in [1.165, 1.54) is 19.3 Å². The molecule has 0 bridgehead atoms. The minimum Gasteiger partial charge on any atom is -0.270 e. The molecule has 0 aliphatic heterocycles.